The first-order valence-corrected chi connectivity index (χ1v) is 11.4. The van der Waals surface area contributed by atoms with E-state index in [9.17, 15) is 13.2 Å². The zero-order valence-corrected chi connectivity index (χ0v) is 18.4. The summed E-state index contributed by atoms with van der Waals surface area (Å²) in [6.07, 6.45) is 0. The minimum absolute atomic E-state index is 0.112. The minimum atomic E-state index is -3.69. The molecule has 1 N–H and O–H groups in total. The number of carbonyl (C=O) groups is 1. The summed E-state index contributed by atoms with van der Waals surface area (Å²) < 4.78 is 38.3. The van der Waals surface area contributed by atoms with Crippen LogP contribution >= 0.6 is 0 Å². The molecule has 2 aromatic rings. The van der Waals surface area contributed by atoms with Crippen LogP contribution in [-0.2, 0) is 25.0 Å². The lowest BCUT2D eigenvalue weighted by molar-refractivity contribution is -0.120. The van der Waals surface area contributed by atoms with Crippen molar-refractivity contribution < 1.29 is 22.7 Å². The first kappa shape index (κ1) is 22.3. The van der Waals surface area contributed by atoms with Crippen LogP contribution in [0, 0.1) is 0 Å². The van der Waals surface area contributed by atoms with Gasteiger partial charge in [0.05, 0.1) is 35.8 Å². The molecule has 1 saturated heterocycles. The summed E-state index contributed by atoms with van der Waals surface area (Å²) in [7, 11) is -3.69. The van der Waals surface area contributed by atoms with Gasteiger partial charge < -0.3 is 14.8 Å². The highest BCUT2D eigenvalue weighted by Crippen LogP contribution is 2.32. The number of morpholine rings is 1. The number of sulfonamides is 1. The van der Waals surface area contributed by atoms with E-state index in [0.29, 0.717) is 44.3 Å². The lowest BCUT2D eigenvalue weighted by atomic mass is 9.83. The molecule has 0 spiro atoms. The topological polar surface area (TPSA) is 84.9 Å². The third kappa shape index (κ3) is 4.66. The molecule has 7 nitrogen and oxygen atoms in total. The van der Waals surface area contributed by atoms with E-state index >= 15 is 0 Å². The third-order valence-corrected chi connectivity index (χ3v) is 7.06. The molecule has 0 aliphatic carbocycles. The molecule has 0 bridgehead atoms. The Labute approximate surface area is 178 Å². The van der Waals surface area contributed by atoms with Gasteiger partial charge in [-0.15, -0.1) is 0 Å². The van der Waals surface area contributed by atoms with Crippen LogP contribution in [-0.4, -0.2) is 51.5 Å². The fraction of sp³-hybridized carbons (Fsp3) is 0.409. The minimum Gasteiger partial charge on any atom is -0.492 e. The van der Waals surface area contributed by atoms with Crippen molar-refractivity contribution in [2.24, 2.45) is 0 Å². The fourth-order valence-corrected chi connectivity index (χ4v) is 4.68. The molecule has 162 valence electrons. The summed E-state index contributed by atoms with van der Waals surface area (Å²) in [4.78, 5) is 13.2. The van der Waals surface area contributed by atoms with Gasteiger partial charge in [-0.3, -0.25) is 4.79 Å². The predicted molar refractivity (Wildman–Crippen MR) is 115 cm³/mol. The summed E-state index contributed by atoms with van der Waals surface area (Å²) in [5.74, 6) is 0.172. The standard InChI is InChI=1S/C22H28N2O5S/c1-4-29-20-11-10-18(30(26,27)24-12-14-28-15-13-24)16-19(20)23-21(25)22(2,3)17-8-6-5-7-9-17/h5-11,16H,4,12-15H2,1-3H3,(H,23,25). The number of carbonyl (C=O) groups excluding carboxylic acids is 1. The maximum absolute atomic E-state index is 13.1. The van der Waals surface area contributed by atoms with Gasteiger partial charge in [0, 0.05) is 13.1 Å². The molecule has 0 atom stereocenters. The highest BCUT2D eigenvalue weighted by atomic mass is 32.2. The Morgan fingerprint density at radius 2 is 1.80 bits per heavy atom. The Morgan fingerprint density at radius 3 is 2.43 bits per heavy atom. The van der Waals surface area contributed by atoms with Crippen LogP contribution in [0.4, 0.5) is 5.69 Å². The van der Waals surface area contributed by atoms with Crippen LogP contribution in [0.2, 0.25) is 0 Å². The number of rotatable bonds is 7. The Hall–Kier alpha value is -2.42. The maximum Gasteiger partial charge on any atom is 0.243 e. The molecule has 1 fully saturated rings. The SMILES string of the molecule is CCOc1ccc(S(=O)(=O)N2CCOCC2)cc1NC(=O)C(C)(C)c1ccccc1. The first-order valence-electron chi connectivity index (χ1n) is 9.98. The van der Waals surface area contributed by atoms with Gasteiger partial charge in [0.25, 0.3) is 0 Å². The molecule has 3 rings (SSSR count). The van der Waals surface area contributed by atoms with Crippen LogP contribution in [0.25, 0.3) is 0 Å². The van der Waals surface area contributed by atoms with E-state index in [4.69, 9.17) is 9.47 Å². The Bertz CT molecular complexity index is 984. The van der Waals surface area contributed by atoms with E-state index in [0.717, 1.165) is 5.56 Å². The normalized spacial score (nSPS) is 15.6. The maximum atomic E-state index is 13.1. The van der Waals surface area contributed by atoms with Crippen molar-refractivity contribution in [3.63, 3.8) is 0 Å². The lowest BCUT2D eigenvalue weighted by Crippen LogP contribution is -2.40. The Morgan fingerprint density at radius 1 is 1.13 bits per heavy atom. The van der Waals surface area contributed by atoms with E-state index in [1.165, 1.54) is 16.4 Å². The van der Waals surface area contributed by atoms with Gasteiger partial charge in [-0.2, -0.15) is 4.31 Å². The zero-order chi connectivity index (χ0) is 21.8. The second-order valence-corrected chi connectivity index (χ2v) is 9.49. The Kier molecular flexibility index (Phi) is 6.80. The van der Waals surface area contributed by atoms with Gasteiger partial charge in [0.2, 0.25) is 15.9 Å². The van der Waals surface area contributed by atoms with E-state index in [1.807, 2.05) is 51.1 Å². The molecule has 2 aromatic carbocycles. The van der Waals surface area contributed by atoms with Crippen LogP contribution in [0.1, 0.15) is 26.3 Å². The van der Waals surface area contributed by atoms with Crippen molar-refractivity contribution in [1.29, 1.82) is 0 Å². The molecule has 0 aromatic heterocycles. The summed E-state index contributed by atoms with van der Waals surface area (Å²) >= 11 is 0. The van der Waals surface area contributed by atoms with Gasteiger partial charge >= 0.3 is 0 Å². The number of amides is 1. The number of anilines is 1. The fourth-order valence-electron chi connectivity index (χ4n) is 3.25. The van der Waals surface area contributed by atoms with Crippen molar-refractivity contribution >= 4 is 21.6 Å². The Balaban J connectivity index is 1.92. The van der Waals surface area contributed by atoms with Gasteiger partial charge in [0.15, 0.2) is 0 Å². The number of nitrogens with zero attached hydrogens (tertiary/aromatic N) is 1. The average molecular weight is 433 g/mol. The lowest BCUT2D eigenvalue weighted by Gasteiger charge is -2.27. The van der Waals surface area contributed by atoms with Crippen LogP contribution in [0.3, 0.4) is 0 Å². The molecule has 1 aliphatic heterocycles. The number of ether oxygens (including phenoxy) is 2. The molecule has 1 heterocycles. The van der Waals surface area contributed by atoms with E-state index in [2.05, 4.69) is 5.32 Å². The van der Waals surface area contributed by atoms with Crippen LogP contribution in [0.15, 0.2) is 53.4 Å². The highest BCUT2D eigenvalue weighted by molar-refractivity contribution is 7.89. The second-order valence-electron chi connectivity index (χ2n) is 7.55. The first-order chi connectivity index (χ1) is 14.3. The van der Waals surface area contributed by atoms with Gasteiger partial charge in [-0.05, 0) is 44.5 Å². The smallest absolute Gasteiger partial charge is 0.243 e. The molecular formula is C22H28N2O5S. The van der Waals surface area contributed by atoms with E-state index in [-0.39, 0.29) is 10.8 Å². The summed E-state index contributed by atoms with van der Waals surface area (Å²) in [5.41, 5.74) is 0.377. The van der Waals surface area contributed by atoms with Crippen molar-refractivity contribution in [3.05, 3.63) is 54.1 Å². The molecular weight excluding hydrogens is 404 g/mol. The quantitative estimate of drug-likeness (QED) is 0.727. The molecule has 1 aliphatic rings. The van der Waals surface area contributed by atoms with Crippen molar-refractivity contribution in [3.8, 4) is 5.75 Å². The molecule has 1 amide bonds. The number of benzene rings is 2. The van der Waals surface area contributed by atoms with Crippen molar-refractivity contribution in [2.45, 2.75) is 31.1 Å². The van der Waals surface area contributed by atoms with Crippen molar-refractivity contribution in [1.82, 2.24) is 4.31 Å². The molecule has 0 unspecified atom stereocenters. The number of hydrogen-bond acceptors (Lipinski definition) is 5. The van der Waals surface area contributed by atoms with E-state index < -0.39 is 15.4 Å². The molecule has 30 heavy (non-hydrogen) atoms. The van der Waals surface area contributed by atoms with Crippen LogP contribution < -0.4 is 10.1 Å². The third-order valence-electron chi connectivity index (χ3n) is 5.17. The monoisotopic (exact) mass is 432 g/mol. The van der Waals surface area contributed by atoms with Gasteiger partial charge in [0.1, 0.15) is 5.75 Å². The van der Waals surface area contributed by atoms with Crippen LogP contribution in [0.5, 0.6) is 5.75 Å². The largest absolute Gasteiger partial charge is 0.492 e. The van der Waals surface area contributed by atoms with Gasteiger partial charge in [-0.1, -0.05) is 30.3 Å². The summed E-state index contributed by atoms with van der Waals surface area (Å²) in [6.45, 7) is 7.21. The zero-order valence-electron chi connectivity index (χ0n) is 17.6. The van der Waals surface area contributed by atoms with E-state index in [1.54, 1.807) is 6.07 Å². The molecule has 0 saturated carbocycles. The molecule has 8 heteroatoms. The number of nitrogens with one attached hydrogen (secondary N) is 1. The van der Waals surface area contributed by atoms with Crippen molar-refractivity contribution in [2.75, 3.05) is 38.2 Å². The highest BCUT2D eigenvalue weighted by Gasteiger charge is 2.31. The predicted octanol–water partition coefficient (Wildman–Crippen LogP) is 3.02. The summed E-state index contributed by atoms with van der Waals surface area (Å²) in [5, 5.41) is 2.88. The molecule has 0 radical (unpaired) electrons. The summed E-state index contributed by atoms with van der Waals surface area (Å²) in [6, 6.07) is 14.0. The second kappa shape index (κ2) is 9.16. The average Bonchev–Trinajstić information content (AvgIpc) is 2.76. The number of hydrogen-bond donors (Lipinski definition) is 1. The van der Waals surface area contributed by atoms with Gasteiger partial charge in [-0.25, -0.2) is 8.42 Å².